The van der Waals surface area contributed by atoms with Crippen LogP contribution in [0.4, 0.5) is 0 Å². The molecule has 0 aliphatic carbocycles. The lowest BCUT2D eigenvalue weighted by atomic mass is 9.90. The summed E-state index contributed by atoms with van der Waals surface area (Å²) >= 11 is 0. The highest BCUT2D eigenvalue weighted by Gasteiger charge is 2.25. The van der Waals surface area contributed by atoms with Crippen molar-refractivity contribution in [1.82, 2.24) is 9.88 Å². The van der Waals surface area contributed by atoms with Gasteiger partial charge >= 0.3 is 0 Å². The number of Topliss-reactive ketones (excluding diaryl/α,β-unsaturated/α-hetero) is 1. The van der Waals surface area contributed by atoms with Crippen molar-refractivity contribution in [3.8, 4) is 0 Å². The Morgan fingerprint density at radius 1 is 1.08 bits per heavy atom. The Morgan fingerprint density at radius 2 is 1.96 bits per heavy atom. The normalized spacial score (nSPS) is 18.5. The van der Waals surface area contributed by atoms with Gasteiger partial charge < -0.3 is 4.98 Å². The van der Waals surface area contributed by atoms with Crippen molar-refractivity contribution in [3.05, 3.63) is 71.9 Å². The van der Waals surface area contributed by atoms with E-state index in [9.17, 15) is 4.79 Å². The summed E-state index contributed by atoms with van der Waals surface area (Å²) in [5.41, 5.74) is 3.63. The molecule has 1 unspecified atom stereocenters. The smallest absolute Gasteiger partial charge is 0.141 e. The quantitative estimate of drug-likeness (QED) is 0.760. The highest BCUT2D eigenvalue weighted by atomic mass is 16.1. The van der Waals surface area contributed by atoms with Crippen molar-refractivity contribution < 1.29 is 4.79 Å². The predicted octanol–water partition coefficient (Wildman–Crippen LogP) is 4.19. The molecule has 1 N–H and O–H groups in total. The maximum atomic E-state index is 12.7. The van der Waals surface area contributed by atoms with Crippen LogP contribution in [0.2, 0.25) is 0 Å². The molecule has 1 aromatic heterocycles. The minimum atomic E-state index is 0.171. The number of benzene rings is 2. The van der Waals surface area contributed by atoms with Gasteiger partial charge in [-0.2, -0.15) is 0 Å². The summed E-state index contributed by atoms with van der Waals surface area (Å²) in [5, 5.41) is 1.26. The monoisotopic (exact) mass is 332 g/mol. The van der Waals surface area contributed by atoms with Crippen LogP contribution < -0.4 is 0 Å². The topological polar surface area (TPSA) is 36.1 Å². The van der Waals surface area contributed by atoms with Crippen molar-refractivity contribution in [2.24, 2.45) is 5.92 Å². The highest BCUT2D eigenvalue weighted by molar-refractivity contribution is 5.83. The molecule has 0 radical (unpaired) electrons. The molecule has 1 aliphatic heterocycles. The van der Waals surface area contributed by atoms with E-state index in [1.54, 1.807) is 0 Å². The number of aromatic nitrogens is 1. The Kier molecular flexibility index (Phi) is 4.66. The number of hydrogen-bond acceptors (Lipinski definition) is 2. The molecule has 0 amide bonds. The van der Waals surface area contributed by atoms with E-state index in [4.69, 9.17) is 0 Å². The van der Waals surface area contributed by atoms with Crippen LogP contribution in [0, 0.1) is 5.92 Å². The molecule has 25 heavy (non-hydrogen) atoms. The van der Waals surface area contributed by atoms with Crippen LogP contribution in [0.15, 0.2) is 60.8 Å². The van der Waals surface area contributed by atoms with E-state index in [-0.39, 0.29) is 5.92 Å². The summed E-state index contributed by atoms with van der Waals surface area (Å²) in [5.74, 6) is 0.557. The molecule has 3 nitrogen and oxygen atoms in total. The van der Waals surface area contributed by atoms with Crippen LogP contribution >= 0.6 is 0 Å². The minimum Gasteiger partial charge on any atom is -0.361 e. The predicted molar refractivity (Wildman–Crippen MR) is 101 cm³/mol. The molecule has 0 spiro atoms. The fourth-order valence-corrected chi connectivity index (χ4v) is 3.86. The second-order valence-corrected chi connectivity index (χ2v) is 7.10. The number of fused-ring (bicyclic) bond motifs is 1. The van der Waals surface area contributed by atoms with Crippen molar-refractivity contribution in [2.45, 2.75) is 25.8 Å². The molecule has 128 valence electrons. The first-order valence-corrected chi connectivity index (χ1v) is 9.13. The third kappa shape index (κ3) is 3.83. The molecular weight excluding hydrogens is 308 g/mol. The molecule has 2 aromatic carbocycles. The summed E-state index contributed by atoms with van der Waals surface area (Å²) in [6.45, 7) is 2.90. The van der Waals surface area contributed by atoms with Crippen molar-refractivity contribution in [2.75, 3.05) is 13.1 Å². The summed E-state index contributed by atoms with van der Waals surface area (Å²) in [6, 6.07) is 18.8. The van der Waals surface area contributed by atoms with Gasteiger partial charge in [-0.1, -0.05) is 36.4 Å². The Morgan fingerprint density at radius 3 is 2.84 bits per heavy atom. The van der Waals surface area contributed by atoms with E-state index in [0.717, 1.165) is 38.0 Å². The molecular formula is C22H24N2O. The largest absolute Gasteiger partial charge is 0.361 e. The third-order valence-corrected chi connectivity index (χ3v) is 5.21. The minimum absolute atomic E-state index is 0.171. The van der Waals surface area contributed by atoms with Gasteiger partial charge in [-0.15, -0.1) is 0 Å². The Bertz CT molecular complexity index is 853. The zero-order valence-corrected chi connectivity index (χ0v) is 14.4. The molecule has 1 fully saturated rings. The van der Waals surface area contributed by atoms with Gasteiger partial charge in [-0.25, -0.2) is 0 Å². The average Bonchev–Trinajstić information content (AvgIpc) is 3.10. The van der Waals surface area contributed by atoms with Gasteiger partial charge in [-0.05, 0) is 54.1 Å². The fraction of sp³-hybridized carbons (Fsp3) is 0.318. The molecule has 2 heterocycles. The Balaban J connectivity index is 1.39. The van der Waals surface area contributed by atoms with Crippen LogP contribution in [0.5, 0.6) is 0 Å². The number of piperidine rings is 1. The van der Waals surface area contributed by atoms with Crippen molar-refractivity contribution >= 4 is 16.7 Å². The van der Waals surface area contributed by atoms with Crippen LogP contribution in [0.25, 0.3) is 10.9 Å². The second kappa shape index (κ2) is 7.24. The SMILES string of the molecule is O=C(Cc1ccccc1)C1CCCN(Cc2ccc3[nH]ccc3c2)C1. The Hall–Kier alpha value is -2.39. The molecule has 1 saturated heterocycles. The number of H-pyrrole nitrogens is 1. The van der Waals surface area contributed by atoms with Gasteiger partial charge in [0.1, 0.15) is 5.78 Å². The lowest BCUT2D eigenvalue weighted by molar-refractivity contribution is -0.123. The average molecular weight is 332 g/mol. The number of nitrogens with one attached hydrogen (secondary N) is 1. The maximum absolute atomic E-state index is 12.7. The zero-order chi connectivity index (χ0) is 17.1. The fourth-order valence-electron chi connectivity index (χ4n) is 3.86. The van der Waals surface area contributed by atoms with Gasteiger partial charge in [0.25, 0.3) is 0 Å². The van der Waals surface area contributed by atoms with Gasteiger partial charge in [0.2, 0.25) is 0 Å². The number of aromatic amines is 1. The molecule has 3 heteroatoms. The first-order valence-electron chi connectivity index (χ1n) is 9.13. The van der Waals surface area contributed by atoms with E-state index >= 15 is 0 Å². The summed E-state index contributed by atoms with van der Waals surface area (Å²) < 4.78 is 0. The highest BCUT2D eigenvalue weighted by Crippen LogP contribution is 2.22. The van der Waals surface area contributed by atoms with Crippen molar-refractivity contribution in [3.63, 3.8) is 0 Å². The number of carbonyl (C=O) groups excluding carboxylic acids is 1. The van der Waals surface area contributed by atoms with Gasteiger partial charge in [0.05, 0.1) is 0 Å². The third-order valence-electron chi connectivity index (χ3n) is 5.21. The molecule has 4 rings (SSSR count). The van der Waals surface area contributed by atoms with Gasteiger partial charge in [0.15, 0.2) is 0 Å². The summed E-state index contributed by atoms with van der Waals surface area (Å²) in [7, 11) is 0. The summed E-state index contributed by atoms with van der Waals surface area (Å²) in [6.07, 6.45) is 4.68. The molecule has 0 saturated carbocycles. The number of carbonyl (C=O) groups is 1. The van der Waals surface area contributed by atoms with Crippen molar-refractivity contribution in [1.29, 1.82) is 0 Å². The summed E-state index contributed by atoms with van der Waals surface area (Å²) in [4.78, 5) is 18.3. The van der Waals surface area contributed by atoms with E-state index in [0.29, 0.717) is 12.2 Å². The van der Waals surface area contributed by atoms with Crippen LogP contribution in [0.3, 0.4) is 0 Å². The molecule has 0 bridgehead atoms. The Labute approximate surface area is 148 Å². The molecule has 1 aliphatic rings. The van der Waals surface area contributed by atoms with Crippen LogP contribution in [-0.4, -0.2) is 28.8 Å². The number of nitrogens with zero attached hydrogens (tertiary/aromatic N) is 1. The zero-order valence-electron chi connectivity index (χ0n) is 14.4. The standard InChI is InChI=1S/C22H24N2O/c25-22(14-17-5-2-1-3-6-17)20-7-4-12-24(16-20)15-18-8-9-21-19(13-18)10-11-23-21/h1-3,5-6,8-11,13,20,23H,4,7,12,14-16H2. The molecule has 3 aromatic rings. The first-order chi connectivity index (χ1) is 12.3. The van der Waals surface area contributed by atoms with E-state index in [1.807, 2.05) is 36.5 Å². The number of rotatable bonds is 5. The van der Waals surface area contributed by atoms with Gasteiger partial charge in [0, 0.05) is 37.1 Å². The maximum Gasteiger partial charge on any atom is 0.141 e. The number of hydrogen-bond donors (Lipinski definition) is 1. The lowest BCUT2D eigenvalue weighted by Crippen LogP contribution is -2.38. The van der Waals surface area contributed by atoms with E-state index in [2.05, 4.69) is 34.1 Å². The number of likely N-dealkylation sites (tertiary alicyclic amines) is 1. The van der Waals surface area contributed by atoms with E-state index in [1.165, 1.54) is 16.5 Å². The van der Waals surface area contributed by atoms with Gasteiger partial charge in [-0.3, -0.25) is 9.69 Å². The van der Waals surface area contributed by atoms with Crippen LogP contribution in [0.1, 0.15) is 24.0 Å². The number of ketones is 1. The first kappa shape index (κ1) is 16.1. The second-order valence-electron chi connectivity index (χ2n) is 7.10. The molecule has 1 atom stereocenters. The lowest BCUT2D eigenvalue weighted by Gasteiger charge is -2.32. The van der Waals surface area contributed by atoms with Crippen LogP contribution in [-0.2, 0) is 17.8 Å². The van der Waals surface area contributed by atoms with E-state index < -0.39 is 0 Å².